The molecule has 0 aliphatic carbocycles. The minimum Gasteiger partial charge on any atom is -0.370 e. The van der Waals surface area contributed by atoms with Gasteiger partial charge in [-0.05, 0) is 43.5 Å². The molecule has 1 atom stereocenters. The fourth-order valence-corrected chi connectivity index (χ4v) is 2.02. The number of hydrogen-bond donors (Lipinski definition) is 2. The molecule has 100 valence electrons. The quantitative estimate of drug-likeness (QED) is 0.712. The molecule has 1 aromatic carbocycles. The summed E-state index contributed by atoms with van der Waals surface area (Å²) >= 11 is 5.87. The van der Waals surface area contributed by atoms with E-state index in [2.05, 4.69) is 12.2 Å². The van der Waals surface area contributed by atoms with Gasteiger partial charge in [0.25, 0.3) is 0 Å². The molecule has 1 unspecified atom stereocenters. The Bertz CT molecular complexity index is 365. The summed E-state index contributed by atoms with van der Waals surface area (Å²) in [5.74, 6) is -0.222. The predicted octanol–water partition coefficient (Wildman–Crippen LogP) is 3.04. The van der Waals surface area contributed by atoms with Crippen LogP contribution in [0.2, 0.25) is 5.02 Å². The molecule has 3 nitrogen and oxygen atoms in total. The van der Waals surface area contributed by atoms with E-state index in [9.17, 15) is 4.79 Å². The highest BCUT2D eigenvalue weighted by atomic mass is 35.5. The van der Waals surface area contributed by atoms with Gasteiger partial charge in [-0.2, -0.15) is 0 Å². The molecule has 4 heteroatoms. The largest absolute Gasteiger partial charge is 0.370 e. The number of amides is 1. The number of carbonyl (C=O) groups is 1. The second kappa shape index (κ2) is 8.11. The maximum absolute atomic E-state index is 10.6. The van der Waals surface area contributed by atoms with Crippen molar-refractivity contribution in [1.29, 1.82) is 0 Å². The molecule has 0 heterocycles. The Morgan fingerprint density at radius 1 is 1.33 bits per heavy atom. The van der Waals surface area contributed by atoms with Crippen molar-refractivity contribution in [3.05, 3.63) is 34.9 Å². The lowest BCUT2D eigenvalue weighted by molar-refractivity contribution is -0.118. The van der Waals surface area contributed by atoms with Crippen LogP contribution in [0.1, 0.15) is 44.2 Å². The van der Waals surface area contributed by atoms with Crippen molar-refractivity contribution in [3.8, 4) is 0 Å². The first kappa shape index (κ1) is 15.0. The molecule has 0 saturated heterocycles. The lowest BCUT2D eigenvalue weighted by atomic mass is 10.0. The number of carbonyl (C=O) groups excluding carboxylic acids is 1. The third-order valence-corrected chi connectivity index (χ3v) is 3.17. The second-order valence-electron chi connectivity index (χ2n) is 4.39. The molecule has 0 aromatic heterocycles. The van der Waals surface area contributed by atoms with Crippen molar-refractivity contribution in [2.75, 3.05) is 6.54 Å². The predicted molar refractivity (Wildman–Crippen MR) is 75.5 cm³/mol. The lowest BCUT2D eigenvalue weighted by Gasteiger charge is -2.17. The van der Waals surface area contributed by atoms with E-state index in [0.29, 0.717) is 12.5 Å². The number of nitrogens with two attached hydrogens (primary N) is 1. The molecule has 0 bridgehead atoms. The maximum atomic E-state index is 10.6. The van der Waals surface area contributed by atoms with Crippen molar-refractivity contribution in [2.24, 2.45) is 5.73 Å². The van der Waals surface area contributed by atoms with Crippen LogP contribution in [-0.4, -0.2) is 12.5 Å². The minimum atomic E-state index is -0.222. The molecular formula is C14H21ClN2O. The summed E-state index contributed by atoms with van der Waals surface area (Å²) in [6, 6.07) is 8.26. The normalized spacial score (nSPS) is 12.3. The Morgan fingerprint density at radius 3 is 2.56 bits per heavy atom. The average molecular weight is 269 g/mol. The monoisotopic (exact) mass is 268 g/mol. The van der Waals surface area contributed by atoms with Gasteiger partial charge in [0.15, 0.2) is 0 Å². The van der Waals surface area contributed by atoms with E-state index in [1.807, 2.05) is 24.3 Å². The highest BCUT2D eigenvalue weighted by Crippen LogP contribution is 2.19. The van der Waals surface area contributed by atoms with Crippen LogP contribution < -0.4 is 11.1 Å². The van der Waals surface area contributed by atoms with Gasteiger partial charge >= 0.3 is 0 Å². The van der Waals surface area contributed by atoms with Crippen molar-refractivity contribution in [2.45, 2.75) is 38.6 Å². The number of halogens is 1. The van der Waals surface area contributed by atoms with Crippen LogP contribution >= 0.6 is 11.6 Å². The van der Waals surface area contributed by atoms with Crippen molar-refractivity contribution in [3.63, 3.8) is 0 Å². The molecule has 0 fully saturated rings. The highest BCUT2D eigenvalue weighted by molar-refractivity contribution is 6.30. The molecule has 0 aliphatic heterocycles. The SMILES string of the molecule is CCC(NCCCCC(N)=O)c1ccc(Cl)cc1. The number of hydrogen-bond acceptors (Lipinski definition) is 2. The maximum Gasteiger partial charge on any atom is 0.217 e. The number of primary amides is 1. The van der Waals surface area contributed by atoms with E-state index >= 15 is 0 Å². The number of nitrogens with one attached hydrogen (secondary N) is 1. The summed E-state index contributed by atoms with van der Waals surface area (Å²) in [6.45, 7) is 3.05. The average Bonchev–Trinajstić information content (AvgIpc) is 2.35. The zero-order chi connectivity index (χ0) is 13.4. The molecule has 0 radical (unpaired) electrons. The summed E-state index contributed by atoms with van der Waals surface area (Å²) in [5.41, 5.74) is 6.34. The van der Waals surface area contributed by atoms with Gasteiger partial charge in [-0.1, -0.05) is 30.7 Å². The number of rotatable bonds is 8. The van der Waals surface area contributed by atoms with Crippen LogP contribution in [0.4, 0.5) is 0 Å². The highest BCUT2D eigenvalue weighted by Gasteiger charge is 2.07. The molecule has 0 spiro atoms. The smallest absolute Gasteiger partial charge is 0.217 e. The lowest BCUT2D eigenvalue weighted by Crippen LogP contribution is -2.22. The van der Waals surface area contributed by atoms with Gasteiger partial charge in [0, 0.05) is 17.5 Å². The number of unbranched alkanes of at least 4 members (excludes halogenated alkanes) is 1. The first-order chi connectivity index (χ1) is 8.63. The number of benzene rings is 1. The Kier molecular flexibility index (Phi) is 6.76. The zero-order valence-electron chi connectivity index (χ0n) is 10.8. The molecule has 0 saturated carbocycles. The van der Waals surface area contributed by atoms with E-state index in [1.54, 1.807) is 0 Å². The molecule has 3 N–H and O–H groups in total. The van der Waals surface area contributed by atoms with E-state index in [4.69, 9.17) is 17.3 Å². The zero-order valence-corrected chi connectivity index (χ0v) is 11.5. The Hall–Kier alpha value is -1.06. The fourth-order valence-electron chi connectivity index (χ4n) is 1.89. The van der Waals surface area contributed by atoms with Gasteiger partial charge in [0.2, 0.25) is 5.91 Å². The van der Waals surface area contributed by atoms with Gasteiger partial charge < -0.3 is 11.1 Å². The Balaban J connectivity index is 2.33. The molecule has 1 rings (SSSR count). The van der Waals surface area contributed by atoms with Crippen LogP contribution in [0.3, 0.4) is 0 Å². The molecule has 1 aromatic rings. The first-order valence-electron chi connectivity index (χ1n) is 6.40. The Morgan fingerprint density at radius 2 is 2.00 bits per heavy atom. The molecular weight excluding hydrogens is 248 g/mol. The molecule has 18 heavy (non-hydrogen) atoms. The van der Waals surface area contributed by atoms with Crippen LogP contribution in [0.15, 0.2) is 24.3 Å². The third kappa shape index (κ3) is 5.52. The van der Waals surface area contributed by atoms with Crippen LogP contribution in [0, 0.1) is 0 Å². The summed E-state index contributed by atoms with van der Waals surface area (Å²) < 4.78 is 0. The summed E-state index contributed by atoms with van der Waals surface area (Å²) in [4.78, 5) is 10.6. The fraction of sp³-hybridized carbons (Fsp3) is 0.500. The molecule has 0 aliphatic rings. The Labute approximate surface area is 114 Å². The van der Waals surface area contributed by atoms with Gasteiger partial charge in [-0.3, -0.25) is 4.79 Å². The van der Waals surface area contributed by atoms with Crippen molar-refractivity contribution >= 4 is 17.5 Å². The summed E-state index contributed by atoms with van der Waals surface area (Å²) in [6.07, 6.45) is 3.31. The van der Waals surface area contributed by atoms with E-state index in [1.165, 1.54) is 5.56 Å². The van der Waals surface area contributed by atoms with E-state index in [0.717, 1.165) is 30.8 Å². The van der Waals surface area contributed by atoms with Crippen molar-refractivity contribution in [1.82, 2.24) is 5.32 Å². The molecule has 1 amide bonds. The first-order valence-corrected chi connectivity index (χ1v) is 6.78. The van der Waals surface area contributed by atoms with Gasteiger partial charge in [0.05, 0.1) is 0 Å². The van der Waals surface area contributed by atoms with Gasteiger partial charge in [-0.25, -0.2) is 0 Å². The summed E-state index contributed by atoms with van der Waals surface area (Å²) in [7, 11) is 0. The third-order valence-electron chi connectivity index (χ3n) is 2.92. The van der Waals surface area contributed by atoms with Gasteiger partial charge in [0.1, 0.15) is 0 Å². The van der Waals surface area contributed by atoms with E-state index in [-0.39, 0.29) is 5.91 Å². The second-order valence-corrected chi connectivity index (χ2v) is 4.83. The summed E-state index contributed by atoms with van der Waals surface area (Å²) in [5, 5.41) is 4.24. The van der Waals surface area contributed by atoms with Crippen LogP contribution in [-0.2, 0) is 4.79 Å². The standard InChI is InChI=1S/C14H21ClN2O/c1-2-13(11-6-8-12(15)9-7-11)17-10-4-3-5-14(16)18/h6-9,13,17H,2-5,10H2,1H3,(H2,16,18). The topological polar surface area (TPSA) is 55.1 Å². The van der Waals surface area contributed by atoms with Crippen molar-refractivity contribution < 1.29 is 4.79 Å². The van der Waals surface area contributed by atoms with E-state index < -0.39 is 0 Å². The minimum absolute atomic E-state index is 0.222. The van der Waals surface area contributed by atoms with Gasteiger partial charge in [-0.15, -0.1) is 0 Å². The van der Waals surface area contributed by atoms with Crippen LogP contribution in [0.25, 0.3) is 0 Å². The van der Waals surface area contributed by atoms with Crippen LogP contribution in [0.5, 0.6) is 0 Å².